The van der Waals surface area contributed by atoms with Crippen LogP contribution in [0.2, 0.25) is 0 Å². The van der Waals surface area contributed by atoms with Gasteiger partial charge in [0.2, 0.25) is 13.4 Å². The molecule has 0 N–H and O–H groups in total. The minimum atomic E-state index is 0.217. The first-order valence-electron chi connectivity index (χ1n) is 13.4. The van der Waals surface area contributed by atoms with Crippen LogP contribution in [0.4, 0.5) is 0 Å². The summed E-state index contributed by atoms with van der Waals surface area (Å²) >= 11 is 0. The maximum absolute atomic E-state index is 2.34. The predicted molar refractivity (Wildman–Crippen MR) is 165 cm³/mol. The van der Waals surface area contributed by atoms with E-state index in [1.165, 1.54) is 66.2 Å². The average Bonchev–Trinajstić information content (AvgIpc) is 3.50. The van der Waals surface area contributed by atoms with Gasteiger partial charge in [0.25, 0.3) is 0 Å². The molecule has 0 radical (unpaired) electrons. The van der Waals surface area contributed by atoms with Gasteiger partial charge in [0, 0.05) is 0 Å². The van der Waals surface area contributed by atoms with E-state index in [-0.39, 0.29) is 13.4 Å². The van der Waals surface area contributed by atoms with Gasteiger partial charge in [0.15, 0.2) is 0 Å². The number of fused-ring (bicyclic) bond motifs is 6. The minimum Gasteiger partial charge on any atom is -0.0664 e. The van der Waals surface area contributed by atoms with Gasteiger partial charge in [-0.15, -0.1) is 0 Å². The van der Waals surface area contributed by atoms with Gasteiger partial charge in [-0.25, -0.2) is 0 Å². The second kappa shape index (κ2) is 8.50. The molecule has 2 aliphatic heterocycles. The van der Waals surface area contributed by atoms with E-state index in [4.69, 9.17) is 0 Å². The third kappa shape index (κ3) is 3.07. The Bertz CT molecular complexity index is 1620. The molecule has 0 unspecified atom stereocenters. The summed E-state index contributed by atoms with van der Waals surface area (Å²) in [6.07, 6.45) is 0. The Morgan fingerprint density at radius 3 is 0.553 bits per heavy atom. The first-order chi connectivity index (χ1) is 18.9. The summed E-state index contributed by atoms with van der Waals surface area (Å²) in [6.45, 7) is 0.435. The van der Waals surface area contributed by atoms with Crippen molar-refractivity contribution in [1.82, 2.24) is 0 Å². The van der Waals surface area contributed by atoms with E-state index < -0.39 is 0 Å². The van der Waals surface area contributed by atoms with Crippen LogP contribution in [0.3, 0.4) is 0 Å². The molecule has 8 rings (SSSR count). The first-order valence-corrected chi connectivity index (χ1v) is 13.4. The number of hydrogen-bond donors (Lipinski definition) is 0. The molecule has 0 atom stereocenters. The lowest BCUT2D eigenvalue weighted by atomic mass is 9.36. The lowest BCUT2D eigenvalue weighted by molar-refractivity contribution is 1.67. The van der Waals surface area contributed by atoms with Crippen molar-refractivity contribution >= 4 is 46.2 Å². The molecule has 38 heavy (non-hydrogen) atoms. The SMILES string of the molecule is c1ccc2c(c1)B(c1ccccc1-c1ccccc1B1c3ccccc3-c3ccccc31)c1ccccc1-2. The van der Waals surface area contributed by atoms with E-state index in [1.54, 1.807) is 0 Å². The molecule has 0 bridgehead atoms. The molecule has 6 aromatic carbocycles. The van der Waals surface area contributed by atoms with Crippen molar-refractivity contribution in [2.24, 2.45) is 0 Å². The van der Waals surface area contributed by atoms with E-state index in [9.17, 15) is 0 Å². The molecular formula is C36H24B2. The zero-order valence-corrected chi connectivity index (χ0v) is 21.0. The zero-order chi connectivity index (χ0) is 25.1. The van der Waals surface area contributed by atoms with Crippen molar-refractivity contribution in [2.75, 3.05) is 0 Å². The Morgan fingerprint density at radius 2 is 0.368 bits per heavy atom. The third-order valence-corrected chi connectivity index (χ3v) is 8.50. The summed E-state index contributed by atoms with van der Waals surface area (Å²) in [5.74, 6) is 0. The number of rotatable bonds is 3. The third-order valence-electron chi connectivity index (χ3n) is 8.50. The number of benzene rings is 6. The average molecular weight is 478 g/mol. The monoisotopic (exact) mass is 478 g/mol. The van der Waals surface area contributed by atoms with Crippen molar-refractivity contribution in [1.29, 1.82) is 0 Å². The van der Waals surface area contributed by atoms with Crippen LogP contribution in [0.15, 0.2) is 146 Å². The van der Waals surface area contributed by atoms with Gasteiger partial charge in [-0.3, -0.25) is 0 Å². The van der Waals surface area contributed by atoms with Gasteiger partial charge in [0.05, 0.1) is 0 Å². The van der Waals surface area contributed by atoms with Crippen LogP contribution in [0, 0.1) is 0 Å². The maximum Gasteiger partial charge on any atom is 0.243 e. The molecule has 0 saturated carbocycles. The summed E-state index contributed by atoms with van der Waals surface area (Å²) in [4.78, 5) is 0. The van der Waals surface area contributed by atoms with E-state index in [0.29, 0.717) is 0 Å². The van der Waals surface area contributed by atoms with Crippen molar-refractivity contribution in [3.8, 4) is 33.4 Å². The van der Waals surface area contributed by atoms with Crippen LogP contribution in [0.5, 0.6) is 0 Å². The Kier molecular flexibility index (Phi) is 4.82. The molecule has 0 nitrogen and oxygen atoms in total. The van der Waals surface area contributed by atoms with Gasteiger partial charge in [0.1, 0.15) is 0 Å². The van der Waals surface area contributed by atoms with Crippen LogP contribution in [-0.4, -0.2) is 13.4 Å². The van der Waals surface area contributed by atoms with Crippen molar-refractivity contribution in [3.05, 3.63) is 146 Å². The Morgan fingerprint density at radius 1 is 0.211 bits per heavy atom. The molecule has 2 heteroatoms. The largest absolute Gasteiger partial charge is 0.243 e. The van der Waals surface area contributed by atoms with Gasteiger partial charge in [-0.2, -0.15) is 0 Å². The Hall–Kier alpha value is -4.55. The smallest absolute Gasteiger partial charge is 0.0664 e. The van der Waals surface area contributed by atoms with E-state index in [2.05, 4.69) is 146 Å². The molecule has 0 aliphatic carbocycles. The second-order valence-corrected chi connectivity index (χ2v) is 10.4. The summed E-state index contributed by atoms with van der Waals surface area (Å²) in [5.41, 5.74) is 16.4. The zero-order valence-electron chi connectivity index (χ0n) is 21.0. The lowest BCUT2D eigenvalue weighted by Gasteiger charge is -2.21. The van der Waals surface area contributed by atoms with Crippen molar-refractivity contribution in [2.45, 2.75) is 0 Å². The van der Waals surface area contributed by atoms with Crippen LogP contribution >= 0.6 is 0 Å². The lowest BCUT2D eigenvalue weighted by Crippen LogP contribution is -2.52. The summed E-state index contributed by atoms with van der Waals surface area (Å²) < 4.78 is 0. The topological polar surface area (TPSA) is 0 Å². The van der Waals surface area contributed by atoms with E-state index in [1.807, 2.05) is 0 Å². The molecule has 0 aromatic heterocycles. The fourth-order valence-corrected chi connectivity index (χ4v) is 6.97. The molecule has 6 aromatic rings. The Labute approximate surface area is 224 Å². The first kappa shape index (κ1) is 21.5. The standard InChI is InChI=1S/C36H24B2/c1-7-19-31-25(13-1)26-14-2-8-20-32(26)37(31)35-23-11-5-17-29(35)30-18-6-12-24-36(30)38-33-21-9-3-15-27(33)28-16-4-10-22-34(28)38/h1-24H. The van der Waals surface area contributed by atoms with Gasteiger partial charge in [-0.05, 0) is 33.4 Å². The quantitative estimate of drug-likeness (QED) is 0.332. The van der Waals surface area contributed by atoms with Crippen LogP contribution in [-0.2, 0) is 0 Å². The summed E-state index contributed by atoms with van der Waals surface area (Å²) in [7, 11) is 0. The van der Waals surface area contributed by atoms with Gasteiger partial charge >= 0.3 is 0 Å². The highest BCUT2D eigenvalue weighted by Crippen LogP contribution is 2.27. The fourth-order valence-electron chi connectivity index (χ4n) is 6.97. The molecule has 0 spiro atoms. The predicted octanol–water partition coefficient (Wildman–Crippen LogP) is 4.35. The molecule has 0 amide bonds. The van der Waals surface area contributed by atoms with E-state index >= 15 is 0 Å². The van der Waals surface area contributed by atoms with Gasteiger partial charge in [-0.1, -0.05) is 178 Å². The fraction of sp³-hybridized carbons (Fsp3) is 0. The number of hydrogen-bond acceptors (Lipinski definition) is 0. The molecule has 0 saturated heterocycles. The highest BCUT2D eigenvalue weighted by atomic mass is 14.2. The summed E-state index contributed by atoms with van der Waals surface area (Å²) in [5, 5.41) is 0. The molecule has 174 valence electrons. The van der Waals surface area contributed by atoms with Crippen LogP contribution in [0.1, 0.15) is 0 Å². The normalized spacial score (nSPS) is 12.6. The summed E-state index contributed by atoms with van der Waals surface area (Å²) in [6, 6.07) is 53.8. The van der Waals surface area contributed by atoms with E-state index in [0.717, 1.165) is 0 Å². The molecule has 2 heterocycles. The second-order valence-electron chi connectivity index (χ2n) is 10.4. The highest BCUT2D eigenvalue weighted by Gasteiger charge is 2.37. The minimum absolute atomic E-state index is 0.217. The van der Waals surface area contributed by atoms with Crippen LogP contribution < -0.4 is 32.8 Å². The molecule has 0 fully saturated rings. The molecule has 2 aliphatic rings. The van der Waals surface area contributed by atoms with Crippen molar-refractivity contribution in [3.63, 3.8) is 0 Å². The highest BCUT2D eigenvalue weighted by molar-refractivity contribution is 7.01. The maximum atomic E-state index is 2.34. The van der Waals surface area contributed by atoms with Crippen LogP contribution in [0.25, 0.3) is 33.4 Å². The van der Waals surface area contributed by atoms with Gasteiger partial charge < -0.3 is 0 Å². The molecular weight excluding hydrogens is 454 g/mol. The Balaban J connectivity index is 1.36. The van der Waals surface area contributed by atoms with Crippen molar-refractivity contribution < 1.29 is 0 Å².